The lowest BCUT2D eigenvalue weighted by atomic mass is 10.1. The van der Waals surface area contributed by atoms with Crippen molar-refractivity contribution in [1.82, 2.24) is 14.7 Å². The lowest BCUT2D eigenvalue weighted by Gasteiger charge is -2.16. The molecule has 0 unspecified atom stereocenters. The van der Waals surface area contributed by atoms with E-state index < -0.39 is 0 Å². The Kier molecular flexibility index (Phi) is 4.70. The number of hydrogen-bond acceptors (Lipinski definition) is 2. The molecule has 0 aliphatic heterocycles. The van der Waals surface area contributed by atoms with E-state index in [-0.39, 0.29) is 11.7 Å². The molecule has 6 heteroatoms. The molecule has 0 saturated carbocycles. The largest absolute Gasteiger partial charge is 0.336 e. The molecule has 1 aliphatic carbocycles. The summed E-state index contributed by atoms with van der Waals surface area (Å²) in [4.78, 5) is 14.7. The summed E-state index contributed by atoms with van der Waals surface area (Å²) in [5.41, 5.74) is 4.32. The number of rotatable bonds is 4. The fraction of sp³-hybridized carbons (Fsp3) is 0.238. The van der Waals surface area contributed by atoms with Crippen LogP contribution in [0.2, 0.25) is 5.02 Å². The Bertz CT molecular complexity index is 980. The van der Waals surface area contributed by atoms with Crippen LogP contribution in [0, 0.1) is 5.82 Å². The van der Waals surface area contributed by atoms with Crippen LogP contribution in [0.15, 0.2) is 48.5 Å². The van der Waals surface area contributed by atoms with E-state index in [0.717, 1.165) is 41.8 Å². The first-order valence-corrected chi connectivity index (χ1v) is 9.27. The number of amides is 1. The first-order chi connectivity index (χ1) is 13.0. The number of aromatic nitrogens is 2. The second-order valence-corrected chi connectivity index (χ2v) is 7.24. The van der Waals surface area contributed by atoms with Gasteiger partial charge in [0.05, 0.1) is 5.69 Å². The topological polar surface area (TPSA) is 38.1 Å². The van der Waals surface area contributed by atoms with Gasteiger partial charge in [-0.2, -0.15) is 5.10 Å². The lowest BCUT2D eigenvalue weighted by molar-refractivity contribution is 0.0777. The van der Waals surface area contributed by atoms with Crippen LogP contribution in [0.4, 0.5) is 4.39 Å². The molecule has 4 nitrogen and oxygen atoms in total. The van der Waals surface area contributed by atoms with Crippen molar-refractivity contribution >= 4 is 17.5 Å². The number of carbonyl (C=O) groups excluding carboxylic acids is 1. The molecule has 0 radical (unpaired) electrons. The van der Waals surface area contributed by atoms with Crippen molar-refractivity contribution in [2.75, 3.05) is 7.05 Å². The normalized spacial score (nSPS) is 12.9. The van der Waals surface area contributed by atoms with Crippen molar-refractivity contribution in [3.8, 4) is 5.69 Å². The summed E-state index contributed by atoms with van der Waals surface area (Å²) < 4.78 is 15.0. The highest BCUT2D eigenvalue weighted by Gasteiger charge is 2.28. The fourth-order valence-corrected chi connectivity index (χ4v) is 3.65. The number of fused-ring (bicyclic) bond motifs is 1. The molecule has 0 atom stereocenters. The van der Waals surface area contributed by atoms with Gasteiger partial charge >= 0.3 is 0 Å². The predicted molar refractivity (Wildman–Crippen MR) is 103 cm³/mol. The molecule has 0 N–H and O–H groups in total. The highest BCUT2D eigenvalue weighted by Crippen LogP contribution is 2.28. The van der Waals surface area contributed by atoms with Crippen LogP contribution < -0.4 is 0 Å². The van der Waals surface area contributed by atoms with Gasteiger partial charge in [-0.1, -0.05) is 23.7 Å². The number of nitrogens with zero attached hydrogens (tertiary/aromatic N) is 3. The second kappa shape index (κ2) is 7.16. The lowest BCUT2D eigenvalue weighted by Crippen LogP contribution is -2.27. The van der Waals surface area contributed by atoms with Crippen molar-refractivity contribution in [3.05, 3.63) is 81.9 Å². The van der Waals surface area contributed by atoms with Crippen molar-refractivity contribution in [1.29, 1.82) is 0 Å². The van der Waals surface area contributed by atoms with Crippen molar-refractivity contribution in [2.45, 2.75) is 25.8 Å². The first-order valence-electron chi connectivity index (χ1n) is 8.89. The standard InChI is InChI=1S/C21H19ClFN3O/c1-25(13-14-5-7-15(22)8-6-14)21(27)20-18-3-2-4-19(18)26(24-20)17-11-9-16(23)10-12-17/h5-12H,2-4,13H2,1H3. The molecule has 138 valence electrons. The summed E-state index contributed by atoms with van der Waals surface area (Å²) >= 11 is 5.92. The van der Waals surface area contributed by atoms with Crippen LogP contribution in [-0.4, -0.2) is 27.6 Å². The third kappa shape index (κ3) is 3.47. The molecule has 0 spiro atoms. The quantitative estimate of drug-likeness (QED) is 0.668. The molecule has 4 rings (SSSR count). The monoisotopic (exact) mass is 383 g/mol. The van der Waals surface area contributed by atoms with Gasteiger partial charge in [0.15, 0.2) is 5.69 Å². The van der Waals surface area contributed by atoms with Gasteiger partial charge < -0.3 is 4.90 Å². The Balaban J connectivity index is 1.63. The number of hydrogen-bond donors (Lipinski definition) is 0. The molecule has 0 saturated heterocycles. The highest BCUT2D eigenvalue weighted by molar-refractivity contribution is 6.30. The Morgan fingerprint density at radius 3 is 2.56 bits per heavy atom. The van der Waals surface area contributed by atoms with E-state index in [0.29, 0.717) is 17.3 Å². The molecule has 0 bridgehead atoms. The average molecular weight is 384 g/mol. The van der Waals surface area contributed by atoms with Crippen LogP contribution >= 0.6 is 11.6 Å². The van der Waals surface area contributed by atoms with E-state index in [1.165, 1.54) is 12.1 Å². The second-order valence-electron chi connectivity index (χ2n) is 6.80. The van der Waals surface area contributed by atoms with E-state index >= 15 is 0 Å². The van der Waals surface area contributed by atoms with Crippen LogP contribution in [0.1, 0.15) is 33.7 Å². The molecule has 1 aromatic heterocycles. The van der Waals surface area contributed by atoms with Gasteiger partial charge in [0.2, 0.25) is 0 Å². The minimum absolute atomic E-state index is 0.107. The zero-order chi connectivity index (χ0) is 19.0. The van der Waals surface area contributed by atoms with Gasteiger partial charge in [-0.3, -0.25) is 4.79 Å². The molecular weight excluding hydrogens is 365 g/mol. The molecule has 2 aromatic carbocycles. The van der Waals surface area contributed by atoms with E-state index in [4.69, 9.17) is 11.6 Å². The summed E-state index contributed by atoms with van der Waals surface area (Å²) in [7, 11) is 1.77. The summed E-state index contributed by atoms with van der Waals surface area (Å²) in [6.45, 7) is 0.480. The predicted octanol–water partition coefficient (Wildman–Crippen LogP) is 4.43. The van der Waals surface area contributed by atoms with Crippen LogP contribution in [0.5, 0.6) is 0 Å². The Morgan fingerprint density at radius 1 is 1.15 bits per heavy atom. The summed E-state index contributed by atoms with van der Waals surface area (Å²) in [6.07, 6.45) is 2.70. The maximum Gasteiger partial charge on any atom is 0.274 e. The van der Waals surface area contributed by atoms with Crippen molar-refractivity contribution in [2.24, 2.45) is 0 Å². The number of benzene rings is 2. The van der Waals surface area contributed by atoms with Crippen LogP contribution in [-0.2, 0) is 19.4 Å². The zero-order valence-corrected chi connectivity index (χ0v) is 15.7. The Morgan fingerprint density at radius 2 is 1.85 bits per heavy atom. The fourth-order valence-electron chi connectivity index (χ4n) is 3.52. The molecule has 1 amide bonds. The number of halogens is 2. The molecule has 27 heavy (non-hydrogen) atoms. The van der Waals surface area contributed by atoms with E-state index in [1.54, 1.807) is 28.8 Å². The Hall–Kier alpha value is -2.66. The van der Waals surface area contributed by atoms with Crippen molar-refractivity contribution in [3.63, 3.8) is 0 Å². The minimum Gasteiger partial charge on any atom is -0.336 e. The van der Waals surface area contributed by atoms with Gasteiger partial charge in [0, 0.05) is 29.9 Å². The summed E-state index contributed by atoms with van der Waals surface area (Å²) in [6, 6.07) is 13.6. The maximum absolute atomic E-state index is 13.2. The molecule has 1 heterocycles. The molecular formula is C21H19ClFN3O. The molecule has 0 fully saturated rings. The van der Waals surface area contributed by atoms with Gasteiger partial charge in [0.25, 0.3) is 5.91 Å². The van der Waals surface area contributed by atoms with E-state index in [1.807, 2.05) is 24.3 Å². The van der Waals surface area contributed by atoms with Crippen LogP contribution in [0.25, 0.3) is 5.69 Å². The number of carbonyl (C=O) groups is 1. The molecule has 1 aliphatic rings. The third-order valence-corrected chi connectivity index (χ3v) is 5.14. The zero-order valence-electron chi connectivity index (χ0n) is 15.0. The van der Waals surface area contributed by atoms with Gasteiger partial charge in [-0.15, -0.1) is 0 Å². The molecule has 3 aromatic rings. The van der Waals surface area contributed by atoms with Crippen molar-refractivity contribution < 1.29 is 9.18 Å². The highest BCUT2D eigenvalue weighted by atomic mass is 35.5. The van der Waals surface area contributed by atoms with Gasteiger partial charge in [-0.05, 0) is 61.2 Å². The van der Waals surface area contributed by atoms with Gasteiger partial charge in [0.1, 0.15) is 5.82 Å². The third-order valence-electron chi connectivity index (χ3n) is 4.88. The maximum atomic E-state index is 13.2. The first kappa shape index (κ1) is 17.7. The SMILES string of the molecule is CN(Cc1ccc(Cl)cc1)C(=O)c1nn(-c2ccc(F)cc2)c2c1CCC2. The average Bonchev–Trinajstić information content (AvgIpc) is 3.26. The van der Waals surface area contributed by atoms with E-state index in [2.05, 4.69) is 5.10 Å². The van der Waals surface area contributed by atoms with E-state index in [9.17, 15) is 9.18 Å². The minimum atomic E-state index is -0.290. The Labute approximate surface area is 162 Å². The van der Waals surface area contributed by atoms with Gasteiger partial charge in [-0.25, -0.2) is 9.07 Å². The summed E-state index contributed by atoms with van der Waals surface area (Å²) in [5, 5.41) is 5.26. The van der Waals surface area contributed by atoms with Crippen LogP contribution in [0.3, 0.4) is 0 Å². The smallest absolute Gasteiger partial charge is 0.274 e. The summed E-state index contributed by atoms with van der Waals surface area (Å²) in [5.74, 6) is -0.398.